The van der Waals surface area contributed by atoms with E-state index < -0.39 is 15.8 Å². The van der Waals surface area contributed by atoms with Gasteiger partial charge in [-0.15, -0.1) is 0 Å². The van der Waals surface area contributed by atoms with Gasteiger partial charge in [0.1, 0.15) is 5.82 Å². The van der Waals surface area contributed by atoms with E-state index in [2.05, 4.69) is 15.6 Å². The standard InChI is InChI=1S/C21H19FN4O3S/c22-14-4-6-15(7-5-14)30(28,29)26-11-17-18(12-26)20(17)25-21(27)24-19-3-1-2-13-10-23-9-8-16(13)19/h1-10,17-18,20H,11-12H2,(H2,24,25,27). The Balaban J connectivity index is 1.21. The maximum absolute atomic E-state index is 13.1. The van der Waals surface area contributed by atoms with Gasteiger partial charge in [-0.2, -0.15) is 4.31 Å². The number of piperidine rings is 1. The van der Waals surface area contributed by atoms with Crippen LogP contribution in [0, 0.1) is 17.7 Å². The number of carbonyl (C=O) groups excluding carboxylic acids is 1. The van der Waals surface area contributed by atoms with E-state index in [0.717, 1.165) is 22.9 Å². The molecule has 2 N–H and O–H groups in total. The zero-order chi connectivity index (χ0) is 20.9. The van der Waals surface area contributed by atoms with Crippen molar-refractivity contribution in [1.82, 2.24) is 14.6 Å². The second kappa shape index (κ2) is 7.03. The maximum atomic E-state index is 13.1. The van der Waals surface area contributed by atoms with Gasteiger partial charge >= 0.3 is 6.03 Å². The van der Waals surface area contributed by atoms with Crippen LogP contribution < -0.4 is 10.6 Å². The Labute approximate surface area is 173 Å². The third-order valence-electron chi connectivity index (χ3n) is 5.84. The van der Waals surface area contributed by atoms with Crippen molar-refractivity contribution >= 4 is 32.5 Å². The lowest BCUT2D eigenvalue weighted by Crippen LogP contribution is -2.39. The van der Waals surface area contributed by atoms with Crippen LogP contribution in [0.25, 0.3) is 10.8 Å². The lowest BCUT2D eigenvalue weighted by Gasteiger charge is -2.20. The number of pyridine rings is 1. The molecule has 30 heavy (non-hydrogen) atoms. The number of urea groups is 1. The topological polar surface area (TPSA) is 91.4 Å². The molecule has 2 aromatic carbocycles. The molecule has 2 amide bonds. The molecule has 154 valence electrons. The van der Waals surface area contributed by atoms with Crippen LogP contribution in [-0.2, 0) is 10.0 Å². The predicted octanol–water partition coefficient (Wildman–Crippen LogP) is 2.81. The molecule has 0 bridgehead atoms. The molecular weight excluding hydrogens is 407 g/mol. The van der Waals surface area contributed by atoms with E-state index in [1.54, 1.807) is 12.4 Å². The van der Waals surface area contributed by atoms with Crippen LogP contribution in [0.2, 0.25) is 0 Å². The van der Waals surface area contributed by atoms with Crippen LogP contribution in [0.3, 0.4) is 0 Å². The maximum Gasteiger partial charge on any atom is 0.319 e. The second-order valence-corrected chi connectivity index (χ2v) is 9.57. The highest BCUT2D eigenvalue weighted by Gasteiger charge is 2.58. The number of nitrogens with zero attached hydrogens (tertiary/aromatic N) is 2. The molecule has 2 heterocycles. The van der Waals surface area contributed by atoms with Crippen molar-refractivity contribution in [2.45, 2.75) is 10.9 Å². The van der Waals surface area contributed by atoms with Crippen LogP contribution >= 0.6 is 0 Å². The molecule has 1 saturated carbocycles. The highest BCUT2D eigenvalue weighted by atomic mass is 32.2. The minimum atomic E-state index is -3.65. The van der Waals surface area contributed by atoms with Gasteiger partial charge in [0.2, 0.25) is 10.0 Å². The van der Waals surface area contributed by atoms with Gasteiger partial charge < -0.3 is 10.6 Å². The molecule has 2 fully saturated rings. The van der Waals surface area contributed by atoms with Crippen LogP contribution in [0.5, 0.6) is 0 Å². The predicted molar refractivity (Wildman–Crippen MR) is 110 cm³/mol. The monoisotopic (exact) mass is 426 g/mol. The largest absolute Gasteiger partial charge is 0.334 e. The molecule has 2 atom stereocenters. The van der Waals surface area contributed by atoms with Gasteiger partial charge in [0.05, 0.1) is 10.6 Å². The van der Waals surface area contributed by atoms with Crippen LogP contribution in [0.15, 0.2) is 65.8 Å². The number of anilines is 1. The summed E-state index contributed by atoms with van der Waals surface area (Å²) >= 11 is 0. The normalized spacial score (nSPS) is 23.2. The van der Waals surface area contributed by atoms with Gasteiger partial charge in [-0.25, -0.2) is 17.6 Å². The summed E-state index contributed by atoms with van der Waals surface area (Å²) in [6.45, 7) is 0.685. The Morgan fingerprint density at radius 3 is 2.53 bits per heavy atom. The highest BCUT2D eigenvalue weighted by molar-refractivity contribution is 7.89. The molecule has 1 aliphatic carbocycles. The summed E-state index contributed by atoms with van der Waals surface area (Å²) in [5, 5.41) is 7.65. The third kappa shape index (κ3) is 3.29. The van der Waals surface area contributed by atoms with Gasteiger partial charge in [-0.05, 0) is 48.2 Å². The zero-order valence-corrected chi connectivity index (χ0v) is 16.6. The Morgan fingerprint density at radius 1 is 1.07 bits per heavy atom. The molecule has 2 unspecified atom stereocenters. The van der Waals surface area contributed by atoms with Crippen molar-refractivity contribution in [3.63, 3.8) is 0 Å². The number of hydrogen-bond donors (Lipinski definition) is 2. The van der Waals surface area contributed by atoms with E-state index in [9.17, 15) is 17.6 Å². The summed E-state index contributed by atoms with van der Waals surface area (Å²) in [6, 6.07) is 11.9. The summed E-state index contributed by atoms with van der Waals surface area (Å²) in [4.78, 5) is 16.6. The lowest BCUT2D eigenvalue weighted by atomic mass is 10.1. The molecule has 1 aromatic heterocycles. The van der Waals surface area contributed by atoms with Crippen molar-refractivity contribution in [3.8, 4) is 0 Å². The minimum absolute atomic E-state index is 0.0543. The summed E-state index contributed by atoms with van der Waals surface area (Å²) in [5.41, 5.74) is 0.693. The van der Waals surface area contributed by atoms with Gasteiger partial charge in [-0.3, -0.25) is 4.98 Å². The van der Waals surface area contributed by atoms with E-state index in [0.29, 0.717) is 18.8 Å². The second-order valence-electron chi connectivity index (χ2n) is 7.63. The molecular formula is C21H19FN4O3S. The number of aromatic nitrogens is 1. The molecule has 3 aromatic rings. The van der Waals surface area contributed by atoms with Gasteiger partial charge in [0.15, 0.2) is 0 Å². The smallest absolute Gasteiger partial charge is 0.319 e. The number of carbonyl (C=O) groups is 1. The first-order valence-corrected chi connectivity index (χ1v) is 11.0. The van der Waals surface area contributed by atoms with Crippen LogP contribution in [-0.4, -0.2) is 42.9 Å². The fraction of sp³-hybridized carbons (Fsp3) is 0.238. The van der Waals surface area contributed by atoms with Crippen molar-refractivity contribution in [1.29, 1.82) is 0 Å². The number of rotatable bonds is 4. The fourth-order valence-electron chi connectivity index (χ4n) is 4.20. The van der Waals surface area contributed by atoms with Crippen molar-refractivity contribution < 1.29 is 17.6 Å². The van der Waals surface area contributed by atoms with Crippen molar-refractivity contribution in [2.75, 3.05) is 18.4 Å². The Kier molecular flexibility index (Phi) is 4.44. The number of nitrogens with one attached hydrogen (secondary N) is 2. The first-order chi connectivity index (χ1) is 14.4. The number of halogens is 1. The van der Waals surface area contributed by atoms with E-state index in [1.807, 2.05) is 24.3 Å². The SMILES string of the molecule is O=C(Nc1cccc2cnccc12)NC1C2CN(S(=O)(=O)c3ccc(F)cc3)CC21. The number of amides is 2. The minimum Gasteiger partial charge on any atom is -0.334 e. The molecule has 9 heteroatoms. The molecule has 1 saturated heterocycles. The van der Waals surface area contributed by atoms with Gasteiger partial charge in [0.25, 0.3) is 0 Å². The fourth-order valence-corrected chi connectivity index (χ4v) is 5.71. The van der Waals surface area contributed by atoms with Crippen LogP contribution in [0.4, 0.5) is 14.9 Å². The Hall–Kier alpha value is -3.04. The quantitative estimate of drug-likeness (QED) is 0.671. The molecule has 1 aliphatic heterocycles. The summed E-state index contributed by atoms with van der Waals surface area (Å²) in [6.07, 6.45) is 3.41. The molecule has 0 spiro atoms. The molecule has 2 aliphatic rings. The van der Waals surface area contributed by atoms with E-state index in [1.165, 1.54) is 16.4 Å². The Morgan fingerprint density at radius 2 is 1.80 bits per heavy atom. The zero-order valence-electron chi connectivity index (χ0n) is 15.8. The summed E-state index contributed by atoms with van der Waals surface area (Å²) in [5.74, 6) is -0.304. The third-order valence-corrected chi connectivity index (χ3v) is 7.68. The van der Waals surface area contributed by atoms with E-state index in [-0.39, 0.29) is 28.8 Å². The van der Waals surface area contributed by atoms with Gasteiger partial charge in [-0.1, -0.05) is 12.1 Å². The average molecular weight is 426 g/mol. The molecule has 7 nitrogen and oxygen atoms in total. The first kappa shape index (κ1) is 19.0. The molecule has 0 radical (unpaired) electrons. The van der Waals surface area contributed by atoms with E-state index >= 15 is 0 Å². The van der Waals surface area contributed by atoms with Crippen molar-refractivity contribution in [2.24, 2.45) is 11.8 Å². The first-order valence-electron chi connectivity index (χ1n) is 9.59. The number of hydrogen-bond acceptors (Lipinski definition) is 4. The van der Waals surface area contributed by atoms with E-state index in [4.69, 9.17) is 0 Å². The molecule has 5 rings (SSSR count). The number of fused-ring (bicyclic) bond motifs is 2. The van der Waals surface area contributed by atoms with Gasteiger partial charge in [0, 0.05) is 42.3 Å². The van der Waals surface area contributed by atoms with Crippen LogP contribution in [0.1, 0.15) is 0 Å². The summed E-state index contributed by atoms with van der Waals surface area (Å²) in [7, 11) is -3.65. The average Bonchev–Trinajstić information content (AvgIpc) is 3.16. The summed E-state index contributed by atoms with van der Waals surface area (Å²) < 4.78 is 39.9. The number of benzene rings is 2. The van der Waals surface area contributed by atoms with Crippen molar-refractivity contribution in [3.05, 3.63) is 66.7 Å². The Bertz CT molecular complexity index is 1220. The lowest BCUT2D eigenvalue weighted by molar-refractivity contribution is 0.250. The number of sulfonamides is 1. The highest BCUT2D eigenvalue weighted by Crippen LogP contribution is 2.47.